The molecule has 5 nitrogen and oxygen atoms in total. The van der Waals surface area contributed by atoms with Crippen LogP contribution in [0.1, 0.15) is 28.2 Å². The van der Waals surface area contributed by atoms with Gasteiger partial charge in [0, 0.05) is 21.2 Å². The third-order valence-corrected chi connectivity index (χ3v) is 3.81. The summed E-state index contributed by atoms with van der Waals surface area (Å²) in [6, 6.07) is 1.97. The Labute approximate surface area is 111 Å². The second kappa shape index (κ2) is 5.42. The molecule has 2 aromatic rings. The minimum Gasteiger partial charge on any atom is -0.344 e. The van der Waals surface area contributed by atoms with Gasteiger partial charge in [0.1, 0.15) is 5.82 Å². The van der Waals surface area contributed by atoms with Crippen LogP contribution in [0.4, 0.5) is 0 Å². The van der Waals surface area contributed by atoms with Crippen molar-refractivity contribution >= 4 is 33.2 Å². The maximum absolute atomic E-state index is 11.7. The van der Waals surface area contributed by atoms with Crippen LogP contribution in [0.2, 0.25) is 0 Å². The second-order valence-electron chi connectivity index (χ2n) is 3.37. The number of aromatic amines is 1. The topological polar surface area (TPSA) is 70.7 Å². The van der Waals surface area contributed by atoms with Gasteiger partial charge in [0.25, 0.3) is 5.91 Å². The fourth-order valence-electron chi connectivity index (χ4n) is 1.25. The summed E-state index contributed by atoms with van der Waals surface area (Å²) in [5.74, 6) is 0.650. The Hall–Kier alpha value is -1.21. The fraction of sp³-hybridized carbons (Fsp3) is 0.300. The lowest BCUT2D eigenvalue weighted by atomic mass is 10.4. The number of rotatable bonds is 4. The normalized spacial score (nSPS) is 10.5. The van der Waals surface area contributed by atoms with Crippen LogP contribution in [-0.2, 0) is 13.0 Å². The zero-order valence-electron chi connectivity index (χ0n) is 9.16. The Balaban J connectivity index is 1.93. The third-order valence-electron chi connectivity index (χ3n) is 2.11. The molecule has 0 radical (unpaired) electrons. The second-order valence-corrected chi connectivity index (χ2v) is 5.28. The molecule has 0 aliphatic rings. The van der Waals surface area contributed by atoms with Crippen LogP contribution in [0.15, 0.2) is 15.9 Å². The van der Waals surface area contributed by atoms with E-state index in [0.717, 1.165) is 15.8 Å². The Morgan fingerprint density at radius 1 is 1.65 bits per heavy atom. The minimum atomic E-state index is -0.259. The largest absolute Gasteiger partial charge is 0.344 e. The highest BCUT2D eigenvalue weighted by Crippen LogP contribution is 2.19. The van der Waals surface area contributed by atoms with Crippen LogP contribution in [0.5, 0.6) is 0 Å². The smallest absolute Gasteiger partial charge is 0.291 e. The van der Waals surface area contributed by atoms with E-state index in [9.17, 15) is 4.79 Å². The van der Waals surface area contributed by atoms with Crippen molar-refractivity contribution < 1.29 is 4.79 Å². The molecule has 0 aliphatic carbocycles. The van der Waals surface area contributed by atoms with E-state index in [1.54, 1.807) is 11.3 Å². The van der Waals surface area contributed by atoms with Crippen LogP contribution >= 0.6 is 27.3 Å². The van der Waals surface area contributed by atoms with Gasteiger partial charge in [-0.25, -0.2) is 4.98 Å². The van der Waals surface area contributed by atoms with Gasteiger partial charge >= 0.3 is 0 Å². The average Bonchev–Trinajstić information content (AvgIpc) is 2.94. The highest BCUT2D eigenvalue weighted by atomic mass is 79.9. The highest BCUT2D eigenvalue weighted by molar-refractivity contribution is 9.10. The number of nitrogens with one attached hydrogen (secondary N) is 2. The van der Waals surface area contributed by atoms with E-state index < -0.39 is 0 Å². The number of carbonyl (C=O) groups is 1. The summed E-state index contributed by atoms with van der Waals surface area (Å²) >= 11 is 4.95. The van der Waals surface area contributed by atoms with Crippen molar-refractivity contribution in [3.8, 4) is 0 Å². The number of nitrogens with zero attached hydrogens (tertiary/aromatic N) is 2. The van der Waals surface area contributed by atoms with Crippen molar-refractivity contribution in [1.82, 2.24) is 20.5 Å². The van der Waals surface area contributed by atoms with Crippen LogP contribution in [0.25, 0.3) is 0 Å². The van der Waals surface area contributed by atoms with Gasteiger partial charge in [-0.1, -0.05) is 6.92 Å². The summed E-state index contributed by atoms with van der Waals surface area (Å²) in [5, 5.41) is 11.3. The maximum atomic E-state index is 11.7. The van der Waals surface area contributed by atoms with Gasteiger partial charge in [0.15, 0.2) is 0 Å². The molecule has 0 aromatic carbocycles. The monoisotopic (exact) mass is 314 g/mol. The highest BCUT2D eigenvalue weighted by Gasteiger charge is 2.11. The molecule has 0 saturated carbocycles. The van der Waals surface area contributed by atoms with Crippen molar-refractivity contribution in [3.63, 3.8) is 0 Å². The molecule has 2 N–H and O–H groups in total. The molecule has 90 valence electrons. The van der Waals surface area contributed by atoms with Gasteiger partial charge in [-0.15, -0.1) is 16.4 Å². The number of halogens is 1. The van der Waals surface area contributed by atoms with E-state index in [2.05, 4.69) is 36.4 Å². The first kappa shape index (κ1) is 12.3. The van der Waals surface area contributed by atoms with E-state index in [0.29, 0.717) is 12.4 Å². The molecule has 2 heterocycles. The van der Waals surface area contributed by atoms with Crippen LogP contribution in [0.3, 0.4) is 0 Å². The number of hydrogen-bond acceptors (Lipinski definition) is 4. The zero-order valence-corrected chi connectivity index (χ0v) is 11.6. The van der Waals surface area contributed by atoms with Gasteiger partial charge in [0.2, 0.25) is 5.82 Å². The van der Waals surface area contributed by atoms with E-state index in [-0.39, 0.29) is 11.7 Å². The third kappa shape index (κ3) is 3.13. The summed E-state index contributed by atoms with van der Waals surface area (Å²) in [4.78, 5) is 16.8. The molecule has 0 aliphatic heterocycles. The molecule has 0 spiro atoms. The van der Waals surface area contributed by atoms with Crippen LogP contribution in [0, 0.1) is 0 Å². The molecule has 2 rings (SSSR count). The van der Waals surface area contributed by atoms with Gasteiger partial charge in [-0.3, -0.25) is 9.89 Å². The first-order valence-corrected chi connectivity index (χ1v) is 6.78. The van der Waals surface area contributed by atoms with Crippen molar-refractivity contribution in [2.24, 2.45) is 0 Å². The standard InChI is InChI=1S/C10H11BrN4OS/c1-2-8-13-9(15-14-8)10(16)12-4-7-3-6(11)5-17-7/h3,5H,2,4H2,1H3,(H,12,16)(H,13,14,15). The number of aromatic nitrogens is 3. The van der Waals surface area contributed by atoms with Crippen LogP contribution in [-0.4, -0.2) is 21.1 Å². The quantitative estimate of drug-likeness (QED) is 0.908. The number of amides is 1. The van der Waals surface area contributed by atoms with E-state index in [1.807, 2.05) is 18.4 Å². The molecule has 0 atom stereocenters. The number of carbonyl (C=O) groups excluding carboxylic acids is 1. The first-order chi connectivity index (χ1) is 8.19. The number of aryl methyl sites for hydroxylation is 1. The molecular formula is C10H11BrN4OS. The summed E-state index contributed by atoms with van der Waals surface area (Å²) in [6.45, 7) is 2.44. The van der Waals surface area contributed by atoms with Gasteiger partial charge in [-0.2, -0.15) is 0 Å². The molecule has 2 aromatic heterocycles. The molecule has 0 fully saturated rings. The van der Waals surface area contributed by atoms with Crippen molar-refractivity contribution in [2.75, 3.05) is 0 Å². The van der Waals surface area contributed by atoms with Crippen LogP contribution < -0.4 is 5.32 Å². The van der Waals surface area contributed by atoms with Gasteiger partial charge < -0.3 is 5.32 Å². The molecule has 17 heavy (non-hydrogen) atoms. The van der Waals surface area contributed by atoms with Gasteiger partial charge in [-0.05, 0) is 22.0 Å². The molecule has 1 amide bonds. The van der Waals surface area contributed by atoms with E-state index >= 15 is 0 Å². The van der Waals surface area contributed by atoms with Crippen molar-refractivity contribution in [2.45, 2.75) is 19.9 Å². The Kier molecular flexibility index (Phi) is 3.90. The predicted octanol–water partition coefficient (Wildman–Crippen LogP) is 2.12. The number of thiophene rings is 1. The SMILES string of the molecule is CCc1nc(C(=O)NCc2cc(Br)cs2)n[nH]1. The number of hydrogen-bond donors (Lipinski definition) is 2. The number of H-pyrrole nitrogens is 1. The predicted molar refractivity (Wildman–Crippen MR) is 68.9 cm³/mol. The Bertz CT molecular complexity index is 522. The lowest BCUT2D eigenvalue weighted by Gasteiger charge is -1.98. The summed E-state index contributed by atoms with van der Waals surface area (Å²) < 4.78 is 1.03. The Morgan fingerprint density at radius 2 is 2.47 bits per heavy atom. The molecule has 0 unspecified atom stereocenters. The lowest BCUT2D eigenvalue weighted by molar-refractivity contribution is 0.0941. The van der Waals surface area contributed by atoms with E-state index in [4.69, 9.17) is 0 Å². The molecule has 7 heteroatoms. The first-order valence-electron chi connectivity index (χ1n) is 5.11. The lowest BCUT2D eigenvalue weighted by Crippen LogP contribution is -2.23. The fourth-order valence-corrected chi connectivity index (χ4v) is 2.64. The zero-order chi connectivity index (χ0) is 12.3. The molecular weight excluding hydrogens is 304 g/mol. The van der Waals surface area contributed by atoms with Gasteiger partial charge in [0.05, 0.1) is 6.54 Å². The summed E-state index contributed by atoms with van der Waals surface area (Å²) in [5.41, 5.74) is 0. The maximum Gasteiger partial charge on any atom is 0.291 e. The average molecular weight is 315 g/mol. The summed E-state index contributed by atoms with van der Waals surface area (Å²) in [7, 11) is 0. The Morgan fingerprint density at radius 3 is 3.06 bits per heavy atom. The van der Waals surface area contributed by atoms with Crippen molar-refractivity contribution in [3.05, 3.63) is 32.4 Å². The molecule has 0 saturated heterocycles. The van der Waals surface area contributed by atoms with E-state index in [1.165, 1.54) is 0 Å². The molecule has 0 bridgehead atoms. The summed E-state index contributed by atoms with van der Waals surface area (Å²) in [6.07, 6.45) is 0.734. The minimum absolute atomic E-state index is 0.192. The van der Waals surface area contributed by atoms with Crippen molar-refractivity contribution in [1.29, 1.82) is 0 Å².